The van der Waals surface area contributed by atoms with E-state index >= 15 is 0 Å². The van der Waals surface area contributed by atoms with Gasteiger partial charge in [0.15, 0.2) is 0 Å². The van der Waals surface area contributed by atoms with Gasteiger partial charge in [-0.1, -0.05) is 25.5 Å². The van der Waals surface area contributed by atoms with Crippen LogP contribution in [0, 0.1) is 0 Å². The van der Waals surface area contributed by atoms with E-state index in [0.29, 0.717) is 44.2 Å². The smallest absolute Gasteiger partial charge is 0.307 e. The Morgan fingerprint density at radius 3 is 2.16 bits per heavy atom. The molecule has 2 atom stereocenters. The molecule has 0 bridgehead atoms. The molecule has 2 unspecified atom stereocenters. The number of rotatable bonds is 12. The first-order valence-electron chi connectivity index (χ1n) is 10.2. The van der Waals surface area contributed by atoms with Crippen molar-refractivity contribution in [1.82, 2.24) is 0 Å². The fourth-order valence-corrected chi connectivity index (χ4v) is 5.49. The third-order valence-corrected chi connectivity index (χ3v) is 7.74. The number of benzene rings is 1. The Hall–Kier alpha value is -1.69. The monoisotopic (exact) mass is 477 g/mol. The molecule has 2 rings (SSSR count). The van der Waals surface area contributed by atoms with Gasteiger partial charge in [0.2, 0.25) is 0 Å². The van der Waals surface area contributed by atoms with Crippen molar-refractivity contribution in [2.24, 2.45) is 0 Å². The predicted molar refractivity (Wildman–Crippen MR) is 118 cm³/mol. The number of hydrogen-bond donors (Lipinski definition) is 3. The Labute approximate surface area is 184 Å². The van der Waals surface area contributed by atoms with Crippen LogP contribution in [-0.4, -0.2) is 61.1 Å². The summed E-state index contributed by atoms with van der Waals surface area (Å²) in [7, 11) is -8.02. The zero-order valence-corrected chi connectivity index (χ0v) is 19.5. The molecule has 31 heavy (non-hydrogen) atoms. The van der Waals surface area contributed by atoms with Gasteiger partial charge >= 0.3 is 5.97 Å². The topological polar surface area (TPSA) is 149 Å². The highest BCUT2D eigenvalue weighted by Gasteiger charge is 2.44. The van der Waals surface area contributed by atoms with Crippen LogP contribution >= 0.6 is 0 Å². The summed E-state index contributed by atoms with van der Waals surface area (Å²) in [6, 6.07) is 5.56. The summed E-state index contributed by atoms with van der Waals surface area (Å²) in [4.78, 5) is 13.3. The van der Waals surface area contributed by atoms with E-state index in [9.17, 15) is 21.6 Å². The molecule has 1 aliphatic heterocycles. The maximum absolute atomic E-state index is 11.2. The van der Waals surface area contributed by atoms with Crippen LogP contribution in [-0.2, 0) is 36.9 Å². The Kier molecular flexibility index (Phi) is 8.12. The van der Waals surface area contributed by atoms with Crippen molar-refractivity contribution in [2.45, 2.75) is 63.8 Å². The number of carboxylic acid groups (broad SMARTS) is 1. The third-order valence-electron chi connectivity index (χ3n) is 6.13. The second-order valence-electron chi connectivity index (χ2n) is 8.45. The van der Waals surface area contributed by atoms with Gasteiger partial charge in [0.1, 0.15) is 0 Å². The fourth-order valence-electron chi connectivity index (χ4n) is 4.35. The van der Waals surface area contributed by atoms with Crippen LogP contribution in [0.2, 0.25) is 0 Å². The van der Waals surface area contributed by atoms with Gasteiger partial charge in [0, 0.05) is 23.7 Å². The van der Waals surface area contributed by atoms with Crippen molar-refractivity contribution in [3.8, 4) is 0 Å². The van der Waals surface area contributed by atoms with Crippen molar-refractivity contribution >= 4 is 31.9 Å². The number of unbranched alkanes of at least 4 members (excludes halogenated alkanes) is 2. The molecule has 0 saturated heterocycles. The minimum Gasteiger partial charge on any atom is -0.481 e. The normalized spacial score (nSPS) is 21.3. The predicted octanol–water partition coefficient (Wildman–Crippen LogP) is 2.51. The first kappa shape index (κ1) is 25.6. The number of anilines is 1. The van der Waals surface area contributed by atoms with Crippen molar-refractivity contribution in [3.63, 3.8) is 0 Å². The highest BCUT2D eigenvalue weighted by atomic mass is 32.2. The number of hydrogen-bond acceptors (Lipinski definition) is 6. The van der Waals surface area contributed by atoms with Gasteiger partial charge in [-0.25, -0.2) is 0 Å². The molecule has 0 spiro atoms. The van der Waals surface area contributed by atoms with Gasteiger partial charge in [-0.05, 0) is 49.8 Å². The van der Waals surface area contributed by atoms with Crippen molar-refractivity contribution in [3.05, 3.63) is 29.3 Å². The van der Waals surface area contributed by atoms with Crippen LogP contribution in [0.5, 0.6) is 0 Å². The highest BCUT2D eigenvalue weighted by Crippen LogP contribution is 2.48. The highest BCUT2D eigenvalue weighted by molar-refractivity contribution is 7.86. The minimum atomic E-state index is -4.02. The molecule has 11 heteroatoms. The van der Waals surface area contributed by atoms with E-state index < -0.39 is 26.2 Å². The lowest BCUT2D eigenvalue weighted by molar-refractivity contribution is -0.136. The summed E-state index contributed by atoms with van der Waals surface area (Å²) in [6.45, 7) is 4.68. The average Bonchev–Trinajstić information content (AvgIpc) is 2.82. The van der Waals surface area contributed by atoms with E-state index in [2.05, 4.69) is 11.8 Å². The van der Waals surface area contributed by atoms with Gasteiger partial charge in [0.25, 0.3) is 20.2 Å². The maximum Gasteiger partial charge on any atom is 0.307 e. The molecule has 0 aliphatic carbocycles. The van der Waals surface area contributed by atoms with E-state index in [4.69, 9.17) is 14.2 Å². The lowest BCUT2D eigenvalue weighted by Crippen LogP contribution is -2.41. The van der Waals surface area contributed by atoms with E-state index in [1.807, 2.05) is 19.1 Å². The van der Waals surface area contributed by atoms with E-state index in [-0.39, 0.29) is 29.4 Å². The van der Waals surface area contributed by atoms with Gasteiger partial charge in [-0.3, -0.25) is 13.9 Å². The summed E-state index contributed by atoms with van der Waals surface area (Å²) >= 11 is 0. The maximum atomic E-state index is 11.2. The van der Waals surface area contributed by atoms with E-state index in [0.717, 1.165) is 11.3 Å². The Bertz CT molecular complexity index is 1010. The molecule has 0 radical (unpaired) electrons. The van der Waals surface area contributed by atoms with E-state index in [1.54, 1.807) is 6.07 Å². The largest absolute Gasteiger partial charge is 0.481 e. The number of carboxylic acids is 1. The standard InChI is InChI=1S/C20H31NO8S2/c1-15-20(2,9-3-5-11-30(24,25)26)17-13-16(14-19(22)23)7-8-18(17)21(15)10-4-6-12-31(27,28)29/h7-8,13,15H,3-6,9-12,14H2,1-2H3,(H,22,23)(H,24,25,26)(H,27,28,29). The SMILES string of the molecule is CC1N(CCCCS(=O)(=O)O)c2ccc(CC(=O)O)cc2C1(C)CCCCS(=O)(=O)O. The van der Waals surface area contributed by atoms with Crippen molar-refractivity contribution < 1.29 is 35.8 Å². The second-order valence-corrected chi connectivity index (χ2v) is 11.6. The Balaban J connectivity index is 2.23. The summed E-state index contributed by atoms with van der Waals surface area (Å²) in [5, 5.41) is 9.15. The molecule has 0 amide bonds. The fraction of sp³-hybridized carbons (Fsp3) is 0.650. The molecule has 3 N–H and O–H groups in total. The summed E-state index contributed by atoms with van der Waals surface area (Å²) in [6.07, 6.45) is 2.31. The van der Waals surface area contributed by atoms with Gasteiger partial charge in [0.05, 0.1) is 17.9 Å². The molecule has 176 valence electrons. The van der Waals surface area contributed by atoms with Crippen LogP contribution in [0.4, 0.5) is 5.69 Å². The van der Waals surface area contributed by atoms with Gasteiger partial charge < -0.3 is 10.0 Å². The Morgan fingerprint density at radius 1 is 1.03 bits per heavy atom. The van der Waals surface area contributed by atoms with Gasteiger partial charge in [-0.2, -0.15) is 16.8 Å². The molecule has 0 saturated carbocycles. The number of fused-ring (bicyclic) bond motifs is 1. The number of nitrogens with zero attached hydrogens (tertiary/aromatic N) is 1. The van der Waals surface area contributed by atoms with Crippen molar-refractivity contribution in [2.75, 3.05) is 23.0 Å². The van der Waals surface area contributed by atoms with Crippen LogP contribution in [0.15, 0.2) is 18.2 Å². The lowest BCUT2D eigenvalue weighted by atomic mass is 9.74. The minimum absolute atomic E-state index is 0.0130. The number of carbonyl (C=O) groups is 1. The van der Waals surface area contributed by atoms with Crippen molar-refractivity contribution in [1.29, 1.82) is 0 Å². The summed E-state index contributed by atoms with van der Waals surface area (Å²) < 4.78 is 61.9. The molecule has 1 aromatic rings. The average molecular weight is 478 g/mol. The molecular formula is C20H31NO8S2. The van der Waals surface area contributed by atoms with Crippen LogP contribution in [0.25, 0.3) is 0 Å². The molecule has 1 aliphatic rings. The zero-order valence-electron chi connectivity index (χ0n) is 17.8. The molecular weight excluding hydrogens is 446 g/mol. The molecule has 0 aromatic heterocycles. The van der Waals surface area contributed by atoms with Crippen LogP contribution in [0.3, 0.4) is 0 Å². The summed E-state index contributed by atoms with van der Waals surface area (Å²) in [5.41, 5.74) is 2.24. The quantitative estimate of drug-likeness (QED) is 0.305. The van der Waals surface area contributed by atoms with Gasteiger partial charge in [-0.15, -0.1) is 0 Å². The second kappa shape index (κ2) is 9.85. The Morgan fingerprint density at radius 2 is 1.61 bits per heavy atom. The molecule has 1 aromatic carbocycles. The zero-order chi connectivity index (χ0) is 23.4. The number of aliphatic carboxylic acids is 1. The van der Waals surface area contributed by atoms with Crippen LogP contribution < -0.4 is 4.90 Å². The first-order valence-corrected chi connectivity index (χ1v) is 13.5. The summed E-state index contributed by atoms with van der Waals surface area (Å²) in [5.74, 6) is -1.53. The lowest BCUT2D eigenvalue weighted by Gasteiger charge is -2.34. The molecule has 1 heterocycles. The molecule has 0 fully saturated rings. The molecule has 9 nitrogen and oxygen atoms in total. The first-order chi connectivity index (χ1) is 14.2. The van der Waals surface area contributed by atoms with E-state index in [1.165, 1.54) is 0 Å². The third kappa shape index (κ3) is 7.16. The van der Waals surface area contributed by atoms with Crippen LogP contribution in [0.1, 0.15) is 57.1 Å².